The van der Waals surface area contributed by atoms with Gasteiger partial charge in [-0.2, -0.15) is 0 Å². The molecule has 4 heteroatoms. The summed E-state index contributed by atoms with van der Waals surface area (Å²) in [6.45, 7) is 3.98. The average molecular weight is 286 g/mol. The van der Waals surface area contributed by atoms with Gasteiger partial charge in [0.05, 0.1) is 5.75 Å². The fourth-order valence-electron chi connectivity index (χ4n) is 1.78. The number of aryl methyl sites for hydroxylation is 2. The van der Waals surface area contributed by atoms with Gasteiger partial charge >= 0.3 is 0 Å². The van der Waals surface area contributed by atoms with Gasteiger partial charge in [-0.15, -0.1) is 11.8 Å². The largest absolute Gasteiger partial charge is 0.398 e. The highest BCUT2D eigenvalue weighted by Gasteiger charge is 2.06. The van der Waals surface area contributed by atoms with Gasteiger partial charge in [-0.25, -0.2) is 0 Å². The molecule has 2 rings (SSSR count). The average Bonchev–Trinajstić information content (AvgIpc) is 2.42. The number of carbonyl (C=O) groups is 1. The van der Waals surface area contributed by atoms with Gasteiger partial charge in [0.1, 0.15) is 0 Å². The molecule has 3 N–H and O–H groups in total. The van der Waals surface area contributed by atoms with E-state index in [2.05, 4.69) is 5.32 Å². The summed E-state index contributed by atoms with van der Waals surface area (Å²) in [5.41, 5.74) is 9.45. The molecule has 0 atom stereocenters. The highest BCUT2D eigenvalue weighted by Crippen LogP contribution is 2.22. The van der Waals surface area contributed by atoms with Crippen molar-refractivity contribution in [2.24, 2.45) is 0 Å². The molecule has 2 aromatic carbocycles. The van der Waals surface area contributed by atoms with Crippen molar-refractivity contribution in [1.29, 1.82) is 0 Å². The second-order valence-corrected chi connectivity index (χ2v) is 5.69. The SMILES string of the molecule is Cc1ccc(NC(=O)CSc2ccccc2C)cc1N. The molecule has 0 radical (unpaired) electrons. The summed E-state index contributed by atoms with van der Waals surface area (Å²) in [7, 11) is 0. The highest BCUT2D eigenvalue weighted by atomic mass is 32.2. The lowest BCUT2D eigenvalue weighted by molar-refractivity contribution is -0.113. The summed E-state index contributed by atoms with van der Waals surface area (Å²) in [5, 5.41) is 2.86. The van der Waals surface area contributed by atoms with Gasteiger partial charge in [0.2, 0.25) is 5.91 Å². The van der Waals surface area contributed by atoms with E-state index in [9.17, 15) is 4.79 Å². The lowest BCUT2D eigenvalue weighted by Crippen LogP contribution is -2.14. The minimum atomic E-state index is -0.0264. The van der Waals surface area contributed by atoms with E-state index in [1.165, 1.54) is 17.3 Å². The number of hydrogen-bond acceptors (Lipinski definition) is 3. The smallest absolute Gasteiger partial charge is 0.234 e. The van der Waals surface area contributed by atoms with Crippen LogP contribution in [0.5, 0.6) is 0 Å². The minimum Gasteiger partial charge on any atom is -0.398 e. The van der Waals surface area contributed by atoms with Crippen molar-refractivity contribution in [3.8, 4) is 0 Å². The molecule has 2 aromatic rings. The summed E-state index contributed by atoms with van der Waals surface area (Å²) < 4.78 is 0. The topological polar surface area (TPSA) is 55.1 Å². The molecule has 0 spiro atoms. The Balaban J connectivity index is 1.93. The third-order valence-corrected chi connectivity index (χ3v) is 4.19. The van der Waals surface area contributed by atoms with Crippen molar-refractivity contribution in [3.05, 3.63) is 53.6 Å². The van der Waals surface area contributed by atoms with Gasteiger partial charge < -0.3 is 11.1 Å². The molecular formula is C16H18N2OS. The van der Waals surface area contributed by atoms with Crippen LogP contribution in [0, 0.1) is 13.8 Å². The summed E-state index contributed by atoms with van der Waals surface area (Å²) in [5.74, 6) is 0.361. The Bertz CT molecular complexity index is 626. The standard InChI is InChI=1S/C16H18N2OS/c1-11-7-8-13(9-14(11)17)18-16(19)10-20-15-6-4-3-5-12(15)2/h3-9H,10,17H2,1-2H3,(H,18,19). The van der Waals surface area contributed by atoms with E-state index < -0.39 is 0 Å². The van der Waals surface area contributed by atoms with Crippen LogP contribution in [0.15, 0.2) is 47.4 Å². The fourth-order valence-corrected chi connectivity index (χ4v) is 2.61. The number of thioether (sulfide) groups is 1. The molecule has 3 nitrogen and oxygen atoms in total. The van der Waals surface area contributed by atoms with E-state index in [4.69, 9.17) is 5.73 Å². The monoisotopic (exact) mass is 286 g/mol. The van der Waals surface area contributed by atoms with E-state index in [0.717, 1.165) is 16.1 Å². The predicted octanol–water partition coefficient (Wildman–Crippen LogP) is 3.62. The Hall–Kier alpha value is -1.94. The normalized spacial score (nSPS) is 10.3. The zero-order chi connectivity index (χ0) is 14.5. The molecule has 104 valence electrons. The van der Waals surface area contributed by atoms with E-state index in [1.54, 1.807) is 6.07 Å². The quantitative estimate of drug-likeness (QED) is 0.667. The van der Waals surface area contributed by atoms with Crippen molar-refractivity contribution in [1.82, 2.24) is 0 Å². The molecule has 20 heavy (non-hydrogen) atoms. The molecular weight excluding hydrogens is 268 g/mol. The summed E-state index contributed by atoms with van der Waals surface area (Å²) in [4.78, 5) is 13.1. The van der Waals surface area contributed by atoms with E-state index in [0.29, 0.717) is 11.4 Å². The van der Waals surface area contributed by atoms with Crippen molar-refractivity contribution in [2.45, 2.75) is 18.7 Å². The van der Waals surface area contributed by atoms with E-state index >= 15 is 0 Å². The van der Waals surface area contributed by atoms with Crippen LogP contribution < -0.4 is 11.1 Å². The van der Waals surface area contributed by atoms with Crippen LogP contribution in [-0.4, -0.2) is 11.7 Å². The maximum Gasteiger partial charge on any atom is 0.234 e. The van der Waals surface area contributed by atoms with Gasteiger partial charge in [0.25, 0.3) is 0 Å². The van der Waals surface area contributed by atoms with Gasteiger partial charge in [0, 0.05) is 16.3 Å². The summed E-state index contributed by atoms with van der Waals surface area (Å²) in [6, 6.07) is 13.6. The minimum absolute atomic E-state index is 0.0264. The van der Waals surface area contributed by atoms with Crippen LogP contribution in [-0.2, 0) is 4.79 Å². The zero-order valence-electron chi connectivity index (χ0n) is 11.6. The number of nitrogens with one attached hydrogen (secondary N) is 1. The highest BCUT2D eigenvalue weighted by molar-refractivity contribution is 8.00. The first-order valence-electron chi connectivity index (χ1n) is 6.40. The molecule has 0 aliphatic rings. The summed E-state index contributed by atoms with van der Waals surface area (Å²) in [6.07, 6.45) is 0. The molecule has 0 unspecified atom stereocenters. The Morgan fingerprint density at radius 2 is 1.90 bits per heavy atom. The number of anilines is 2. The number of amides is 1. The first-order chi connectivity index (χ1) is 9.56. The van der Waals surface area contributed by atoms with Crippen LogP contribution in [0.1, 0.15) is 11.1 Å². The van der Waals surface area contributed by atoms with Crippen LogP contribution >= 0.6 is 11.8 Å². The Morgan fingerprint density at radius 1 is 1.15 bits per heavy atom. The second kappa shape index (κ2) is 6.48. The molecule has 1 amide bonds. The Labute approximate surface area is 123 Å². The van der Waals surface area contributed by atoms with Crippen molar-refractivity contribution in [2.75, 3.05) is 16.8 Å². The van der Waals surface area contributed by atoms with Crippen molar-refractivity contribution < 1.29 is 4.79 Å². The molecule has 0 fully saturated rings. The first kappa shape index (κ1) is 14.5. The first-order valence-corrected chi connectivity index (χ1v) is 7.39. The number of nitrogens with two attached hydrogens (primary N) is 1. The van der Waals surface area contributed by atoms with Gasteiger partial charge in [-0.1, -0.05) is 24.3 Å². The van der Waals surface area contributed by atoms with Crippen LogP contribution in [0.2, 0.25) is 0 Å². The molecule has 0 heterocycles. The molecule has 0 saturated heterocycles. The molecule has 0 aliphatic carbocycles. The molecule has 0 aromatic heterocycles. The van der Waals surface area contributed by atoms with Crippen LogP contribution in [0.3, 0.4) is 0 Å². The number of hydrogen-bond donors (Lipinski definition) is 2. The number of rotatable bonds is 4. The maximum atomic E-state index is 11.9. The molecule has 0 saturated carbocycles. The van der Waals surface area contributed by atoms with E-state index in [1.807, 2.05) is 50.2 Å². The third-order valence-electron chi connectivity index (χ3n) is 3.02. The molecule has 0 bridgehead atoms. The second-order valence-electron chi connectivity index (χ2n) is 4.67. The third kappa shape index (κ3) is 3.78. The lowest BCUT2D eigenvalue weighted by atomic mass is 10.2. The lowest BCUT2D eigenvalue weighted by Gasteiger charge is -2.08. The zero-order valence-corrected chi connectivity index (χ0v) is 12.5. The van der Waals surface area contributed by atoms with Gasteiger partial charge in [0.15, 0.2) is 0 Å². The number of nitrogen functional groups attached to an aromatic ring is 1. The van der Waals surface area contributed by atoms with Crippen LogP contribution in [0.25, 0.3) is 0 Å². The van der Waals surface area contributed by atoms with Gasteiger partial charge in [-0.3, -0.25) is 4.79 Å². The Kier molecular flexibility index (Phi) is 4.69. The summed E-state index contributed by atoms with van der Waals surface area (Å²) >= 11 is 1.54. The van der Waals surface area contributed by atoms with Gasteiger partial charge in [-0.05, 0) is 43.2 Å². The Morgan fingerprint density at radius 3 is 2.60 bits per heavy atom. The predicted molar refractivity (Wildman–Crippen MR) is 86.1 cm³/mol. The van der Waals surface area contributed by atoms with Crippen molar-refractivity contribution in [3.63, 3.8) is 0 Å². The fraction of sp³-hybridized carbons (Fsp3) is 0.188. The van der Waals surface area contributed by atoms with Crippen molar-refractivity contribution >= 4 is 29.0 Å². The molecule has 0 aliphatic heterocycles. The van der Waals surface area contributed by atoms with E-state index in [-0.39, 0.29) is 5.91 Å². The number of carbonyl (C=O) groups excluding carboxylic acids is 1. The number of benzene rings is 2. The maximum absolute atomic E-state index is 11.9. The van der Waals surface area contributed by atoms with Crippen LogP contribution in [0.4, 0.5) is 11.4 Å².